The van der Waals surface area contributed by atoms with Gasteiger partial charge in [0.25, 0.3) is 0 Å². The van der Waals surface area contributed by atoms with Crippen LogP contribution in [0.2, 0.25) is 0 Å². The van der Waals surface area contributed by atoms with Crippen molar-refractivity contribution in [2.45, 2.75) is 12.3 Å². The van der Waals surface area contributed by atoms with E-state index in [0.717, 1.165) is 10.4 Å². The van der Waals surface area contributed by atoms with Crippen molar-refractivity contribution >= 4 is 28.9 Å². The molecular formula is C7H7ClO2S. The van der Waals surface area contributed by atoms with Gasteiger partial charge in [-0.1, -0.05) is 0 Å². The van der Waals surface area contributed by atoms with Crippen molar-refractivity contribution in [2.24, 2.45) is 0 Å². The number of rotatable bonds is 2. The number of hydrogen-bond acceptors (Lipinski definition) is 2. The van der Waals surface area contributed by atoms with Crippen LogP contribution in [-0.2, 0) is 4.79 Å². The molecule has 60 valence electrons. The van der Waals surface area contributed by atoms with Crippen LogP contribution in [-0.4, -0.2) is 11.1 Å². The maximum absolute atomic E-state index is 10.4. The molecular weight excluding hydrogens is 184 g/mol. The fraction of sp³-hybridized carbons (Fsp3) is 0.286. The summed E-state index contributed by atoms with van der Waals surface area (Å²) >= 11 is 6.97. The lowest BCUT2D eigenvalue weighted by atomic mass is 10.2. The van der Waals surface area contributed by atoms with Gasteiger partial charge in [0.05, 0.1) is 0 Å². The number of carboxylic acids is 1. The Kier molecular flexibility index (Phi) is 2.52. The van der Waals surface area contributed by atoms with E-state index in [9.17, 15) is 4.79 Å². The van der Waals surface area contributed by atoms with Crippen LogP contribution < -0.4 is 0 Å². The molecule has 0 aliphatic heterocycles. The second-order valence-corrected chi connectivity index (χ2v) is 3.55. The van der Waals surface area contributed by atoms with Crippen LogP contribution in [0.1, 0.15) is 15.8 Å². The average molecular weight is 191 g/mol. The number of thiophene rings is 1. The SMILES string of the molecule is Cc1ccsc1C(Cl)C(=O)O. The molecule has 1 rings (SSSR count). The van der Waals surface area contributed by atoms with Crippen molar-refractivity contribution in [1.82, 2.24) is 0 Å². The summed E-state index contributed by atoms with van der Waals surface area (Å²) < 4.78 is 0. The normalized spacial score (nSPS) is 12.9. The number of aryl methyl sites for hydroxylation is 1. The van der Waals surface area contributed by atoms with E-state index in [0.29, 0.717) is 0 Å². The summed E-state index contributed by atoms with van der Waals surface area (Å²) in [5.41, 5.74) is 0.942. The third-order valence-electron chi connectivity index (χ3n) is 1.35. The van der Waals surface area contributed by atoms with Crippen molar-refractivity contribution in [2.75, 3.05) is 0 Å². The molecule has 0 bridgehead atoms. The van der Waals surface area contributed by atoms with Crippen LogP contribution >= 0.6 is 22.9 Å². The summed E-state index contributed by atoms with van der Waals surface area (Å²) in [6.07, 6.45) is 0. The maximum atomic E-state index is 10.4. The second-order valence-electron chi connectivity index (χ2n) is 2.17. The van der Waals surface area contributed by atoms with E-state index in [-0.39, 0.29) is 0 Å². The molecule has 2 nitrogen and oxygen atoms in total. The zero-order chi connectivity index (χ0) is 8.43. The van der Waals surface area contributed by atoms with Gasteiger partial charge in [-0.2, -0.15) is 0 Å². The summed E-state index contributed by atoms with van der Waals surface area (Å²) in [5, 5.41) is 9.50. The van der Waals surface area contributed by atoms with Gasteiger partial charge in [-0.15, -0.1) is 22.9 Å². The predicted octanol–water partition coefficient (Wildman–Crippen LogP) is 2.42. The monoisotopic (exact) mass is 190 g/mol. The molecule has 0 spiro atoms. The van der Waals surface area contributed by atoms with Gasteiger partial charge in [0.15, 0.2) is 5.38 Å². The van der Waals surface area contributed by atoms with Crippen molar-refractivity contribution in [3.8, 4) is 0 Å². The summed E-state index contributed by atoms with van der Waals surface area (Å²) in [4.78, 5) is 11.1. The van der Waals surface area contributed by atoms with Crippen LogP contribution in [0.3, 0.4) is 0 Å². The Balaban J connectivity index is 2.92. The highest BCUT2D eigenvalue weighted by Crippen LogP contribution is 2.28. The first-order valence-corrected chi connectivity index (χ1v) is 4.35. The standard InChI is InChI=1S/C7H7ClO2S/c1-4-2-3-11-6(4)5(8)7(9)10/h2-3,5H,1H3,(H,9,10). The fourth-order valence-corrected chi connectivity index (χ4v) is 1.98. The molecule has 4 heteroatoms. The number of halogens is 1. The number of carbonyl (C=O) groups is 1. The third-order valence-corrected chi connectivity index (χ3v) is 2.97. The van der Waals surface area contributed by atoms with E-state index < -0.39 is 11.3 Å². The van der Waals surface area contributed by atoms with Crippen molar-refractivity contribution in [3.05, 3.63) is 21.9 Å². The Hall–Kier alpha value is -0.540. The molecule has 0 radical (unpaired) electrons. The molecule has 1 unspecified atom stereocenters. The highest BCUT2D eigenvalue weighted by molar-refractivity contribution is 7.10. The van der Waals surface area contributed by atoms with Crippen molar-refractivity contribution < 1.29 is 9.90 Å². The summed E-state index contributed by atoms with van der Waals surface area (Å²) in [6.45, 7) is 1.85. The lowest BCUT2D eigenvalue weighted by Gasteiger charge is -2.00. The Morgan fingerprint density at radius 3 is 2.82 bits per heavy atom. The van der Waals surface area contributed by atoms with Gasteiger partial charge in [0, 0.05) is 4.88 Å². The smallest absolute Gasteiger partial charge is 0.327 e. The summed E-state index contributed by atoms with van der Waals surface area (Å²) in [5.74, 6) is -0.989. The van der Waals surface area contributed by atoms with Gasteiger partial charge in [-0.05, 0) is 23.9 Å². The van der Waals surface area contributed by atoms with E-state index in [1.54, 1.807) is 0 Å². The Morgan fingerprint density at radius 2 is 2.45 bits per heavy atom. The molecule has 1 aromatic heterocycles. The lowest BCUT2D eigenvalue weighted by Crippen LogP contribution is -2.03. The average Bonchev–Trinajstić information content (AvgIpc) is 2.33. The minimum Gasteiger partial charge on any atom is -0.480 e. The first-order valence-electron chi connectivity index (χ1n) is 3.04. The quantitative estimate of drug-likeness (QED) is 0.728. The zero-order valence-electron chi connectivity index (χ0n) is 5.87. The highest BCUT2D eigenvalue weighted by atomic mass is 35.5. The molecule has 0 aliphatic rings. The zero-order valence-corrected chi connectivity index (χ0v) is 7.45. The molecule has 0 saturated heterocycles. The van der Waals surface area contributed by atoms with Crippen LogP contribution in [0, 0.1) is 6.92 Å². The molecule has 0 aliphatic carbocycles. The van der Waals surface area contributed by atoms with Crippen LogP contribution in [0.25, 0.3) is 0 Å². The number of aliphatic carboxylic acids is 1. The summed E-state index contributed by atoms with van der Waals surface area (Å²) in [6, 6.07) is 1.86. The number of hydrogen-bond donors (Lipinski definition) is 1. The molecule has 1 atom stereocenters. The van der Waals surface area contributed by atoms with Gasteiger partial charge in [0.2, 0.25) is 0 Å². The van der Waals surface area contributed by atoms with Gasteiger partial charge in [-0.25, -0.2) is 0 Å². The predicted molar refractivity (Wildman–Crippen MR) is 45.3 cm³/mol. The van der Waals surface area contributed by atoms with Gasteiger partial charge < -0.3 is 5.11 Å². The van der Waals surface area contributed by atoms with Gasteiger partial charge in [-0.3, -0.25) is 4.79 Å². The molecule has 1 heterocycles. The largest absolute Gasteiger partial charge is 0.480 e. The molecule has 1 aromatic rings. The molecule has 0 aromatic carbocycles. The van der Waals surface area contributed by atoms with Gasteiger partial charge >= 0.3 is 5.97 Å². The van der Waals surface area contributed by atoms with E-state index in [1.807, 2.05) is 18.4 Å². The second kappa shape index (κ2) is 3.24. The number of carboxylic acid groups (broad SMARTS) is 1. The molecule has 0 amide bonds. The lowest BCUT2D eigenvalue weighted by molar-refractivity contribution is -0.136. The Bertz CT molecular complexity index is 269. The minimum atomic E-state index is -0.989. The van der Waals surface area contributed by atoms with E-state index in [1.165, 1.54) is 11.3 Å². The van der Waals surface area contributed by atoms with Crippen molar-refractivity contribution in [3.63, 3.8) is 0 Å². The fourth-order valence-electron chi connectivity index (χ4n) is 0.756. The Labute approximate surface area is 73.4 Å². The van der Waals surface area contributed by atoms with Crippen molar-refractivity contribution in [1.29, 1.82) is 0 Å². The first kappa shape index (κ1) is 8.56. The minimum absolute atomic E-state index is 0.721. The van der Waals surface area contributed by atoms with E-state index in [2.05, 4.69) is 0 Å². The Morgan fingerprint density at radius 1 is 1.82 bits per heavy atom. The van der Waals surface area contributed by atoms with Crippen LogP contribution in [0.4, 0.5) is 0 Å². The van der Waals surface area contributed by atoms with E-state index >= 15 is 0 Å². The van der Waals surface area contributed by atoms with Crippen LogP contribution in [0.15, 0.2) is 11.4 Å². The summed E-state index contributed by atoms with van der Waals surface area (Å²) in [7, 11) is 0. The van der Waals surface area contributed by atoms with E-state index in [4.69, 9.17) is 16.7 Å². The van der Waals surface area contributed by atoms with Crippen LogP contribution in [0.5, 0.6) is 0 Å². The van der Waals surface area contributed by atoms with Gasteiger partial charge in [0.1, 0.15) is 0 Å². The highest BCUT2D eigenvalue weighted by Gasteiger charge is 2.18. The maximum Gasteiger partial charge on any atom is 0.327 e. The third kappa shape index (κ3) is 1.73. The first-order chi connectivity index (χ1) is 5.13. The molecule has 11 heavy (non-hydrogen) atoms. The number of alkyl halides is 1. The molecule has 0 fully saturated rings. The molecule has 1 N–H and O–H groups in total. The molecule has 0 saturated carbocycles. The topological polar surface area (TPSA) is 37.3 Å².